The lowest BCUT2D eigenvalue weighted by molar-refractivity contribution is 0.102. The van der Waals surface area contributed by atoms with Crippen LogP contribution in [-0.2, 0) is 0 Å². The molecule has 7 heteroatoms. The maximum atomic E-state index is 12.2. The van der Waals surface area contributed by atoms with E-state index in [4.69, 9.17) is 23.2 Å². The molecule has 0 bridgehead atoms. The Hall–Kier alpha value is -2.63. The average Bonchev–Trinajstić information content (AvgIpc) is 2.60. The van der Waals surface area contributed by atoms with Gasteiger partial charge in [-0.3, -0.25) is 4.79 Å². The van der Waals surface area contributed by atoms with E-state index in [0.717, 1.165) is 11.3 Å². The summed E-state index contributed by atoms with van der Waals surface area (Å²) < 4.78 is 0. The van der Waals surface area contributed by atoms with Crippen molar-refractivity contribution in [3.63, 3.8) is 0 Å². The van der Waals surface area contributed by atoms with Crippen LogP contribution in [0.1, 0.15) is 15.9 Å². The summed E-state index contributed by atoms with van der Waals surface area (Å²) in [7, 11) is 0. The highest BCUT2D eigenvalue weighted by Crippen LogP contribution is 2.22. The van der Waals surface area contributed by atoms with Crippen LogP contribution in [0.25, 0.3) is 0 Å². The molecule has 0 aliphatic rings. The van der Waals surface area contributed by atoms with E-state index in [1.807, 2.05) is 19.1 Å². The van der Waals surface area contributed by atoms with E-state index in [1.54, 1.807) is 30.3 Å². The van der Waals surface area contributed by atoms with Gasteiger partial charge in [0.1, 0.15) is 0 Å². The number of anilines is 3. The van der Waals surface area contributed by atoms with Crippen LogP contribution in [-0.4, -0.2) is 15.9 Å². The van der Waals surface area contributed by atoms with Crippen molar-refractivity contribution in [3.8, 4) is 0 Å². The first-order valence-electron chi connectivity index (χ1n) is 7.43. The quantitative estimate of drug-likeness (QED) is 0.669. The zero-order chi connectivity index (χ0) is 17.8. The fourth-order valence-corrected chi connectivity index (χ4v) is 2.49. The summed E-state index contributed by atoms with van der Waals surface area (Å²) in [5, 5.41) is 7.12. The molecule has 3 rings (SSSR count). The van der Waals surface area contributed by atoms with Crippen molar-refractivity contribution in [1.29, 1.82) is 0 Å². The largest absolute Gasteiger partial charge is 0.324 e. The minimum atomic E-state index is -0.295. The van der Waals surface area contributed by atoms with Crippen LogP contribution in [0.2, 0.25) is 10.0 Å². The van der Waals surface area contributed by atoms with Gasteiger partial charge < -0.3 is 10.6 Å². The minimum Gasteiger partial charge on any atom is -0.324 e. The molecule has 3 aromatic rings. The lowest BCUT2D eigenvalue weighted by Crippen LogP contribution is -2.13. The molecule has 0 atom stereocenters. The number of nitrogens with one attached hydrogen (secondary N) is 2. The van der Waals surface area contributed by atoms with E-state index >= 15 is 0 Å². The van der Waals surface area contributed by atoms with E-state index in [-0.39, 0.29) is 5.91 Å². The third-order valence-electron chi connectivity index (χ3n) is 3.45. The van der Waals surface area contributed by atoms with Gasteiger partial charge in [0.2, 0.25) is 5.95 Å². The number of benzene rings is 2. The smallest absolute Gasteiger partial charge is 0.258 e. The maximum Gasteiger partial charge on any atom is 0.258 e. The lowest BCUT2D eigenvalue weighted by Gasteiger charge is -2.09. The molecule has 0 unspecified atom stereocenters. The van der Waals surface area contributed by atoms with Crippen LogP contribution in [0, 0.1) is 6.92 Å². The fourth-order valence-electron chi connectivity index (χ4n) is 2.13. The van der Waals surface area contributed by atoms with Crippen molar-refractivity contribution >= 4 is 46.4 Å². The summed E-state index contributed by atoms with van der Waals surface area (Å²) >= 11 is 11.8. The fraction of sp³-hybridized carbons (Fsp3) is 0.0556. The molecule has 0 spiro atoms. The van der Waals surface area contributed by atoms with E-state index in [9.17, 15) is 4.79 Å². The normalized spacial score (nSPS) is 10.4. The number of aromatic nitrogens is 2. The Labute approximate surface area is 155 Å². The summed E-state index contributed by atoms with van der Waals surface area (Å²) in [6.45, 7) is 1.93. The zero-order valence-corrected chi connectivity index (χ0v) is 14.8. The van der Waals surface area contributed by atoms with Gasteiger partial charge in [-0.2, -0.15) is 0 Å². The first-order valence-corrected chi connectivity index (χ1v) is 8.19. The van der Waals surface area contributed by atoms with Crippen molar-refractivity contribution in [1.82, 2.24) is 9.97 Å². The minimum absolute atomic E-state index is 0.295. The molecule has 0 aliphatic heterocycles. The number of carbonyl (C=O) groups excluding carboxylic acids is 1. The molecular formula is C18H14Cl2N4O. The lowest BCUT2D eigenvalue weighted by atomic mass is 10.2. The van der Waals surface area contributed by atoms with Gasteiger partial charge in [-0.05, 0) is 55.0 Å². The molecule has 1 aromatic heterocycles. The van der Waals surface area contributed by atoms with Gasteiger partial charge in [0.25, 0.3) is 5.91 Å². The van der Waals surface area contributed by atoms with E-state index < -0.39 is 0 Å². The van der Waals surface area contributed by atoms with Crippen molar-refractivity contribution in [2.45, 2.75) is 6.92 Å². The Morgan fingerprint density at radius 1 is 0.960 bits per heavy atom. The Morgan fingerprint density at radius 2 is 1.60 bits per heavy atom. The molecule has 2 N–H and O–H groups in total. The third-order valence-corrected chi connectivity index (χ3v) is 3.94. The monoisotopic (exact) mass is 372 g/mol. The van der Waals surface area contributed by atoms with Crippen LogP contribution >= 0.6 is 23.2 Å². The molecule has 0 radical (unpaired) electrons. The number of rotatable bonds is 4. The van der Waals surface area contributed by atoms with Crippen LogP contribution in [0.5, 0.6) is 0 Å². The summed E-state index contributed by atoms with van der Waals surface area (Å²) in [5.41, 5.74) is 2.82. The van der Waals surface area contributed by atoms with E-state index in [1.165, 1.54) is 12.4 Å². The van der Waals surface area contributed by atoms with Crippen molar-refractivity contribution in [2.24, 2.45) is 0 Å². The molecule has 5 nitrogen and oxygen atoms in total. The Balaban J connectivity index is 1.69. The molecule has 0 saturated carbocycles. The Bertz CT molecular complexity index is 896. The molecule has 1 amide bonds. The maximum absolute atomic E-state index is 12.2. The van der Waals surface area contributed by atoms with Gasteiger partial charge in [0.15, 0.2) is 0 Å². The van der Waals surface area contributed by atoms with Gasteiger partial charge in [-0.25, -0.2) is 9.97 Å². The predicted octanol–water partition coefficient (Wildman–Crippen LogP) is 5.09. The highest BCUT2D eigenvalue weighted by Gasteiger charge is 2.08. The van der Waals surface area contributed by atoms with Gasteiger partial charge >= 0.3 is 0 Å². The summed E-state index contributed by atoms with van der Waals surface area (Å²) in [4.78, 5) is 20.6. The molecular weight excluding hydrogens is 359 g/mol. The van der Waals surface area contributed by atoms with Crippen LogP contribution in [0.3, 0.4) is 0 Å². The second-order valence-electron chi connectivity index (χ2n) is 5.34. The number of aryl methyl sites for hydroxylation is 1. The van der Waals surface area contributed by atoms with Gasteiger partial charge in [-0.1, -0.05) is 23.2 Å². The number of hydrogen-bond donors (Lipinski definition) is 2. The van der Waals surface area contributed by atoms with Crippen molar-refractivity contribution < 1.29 is 4.79 Å². The molecule has 0 fully saturated rings. The number of carbonyl (C=O) groups is 1. The number of halogens is 2. The number of amides is 1. The molecule has 126 valence electrons. The van der Waals surface area contributed by atoms with Gasteiger partial charge in [0, 0.05) is 33.8 Å². The molecule has 25 heavy (non-hydrogen) atoms. The molecule has 0 saturated heterocycles. The molecule has 2 aromatic carbocycles. The number of nitrogens with zero attached hydrogens (tertiary/aromatic N) is 2. The predicted molar refractivity (Wildman–Crippen MR) is 101 cm³/mol. The summed E-state index contributed by atoms with van der Waals surface area (Å²) in [6.07, 6.45) is 2.93. The second kappa shape index (κ2) is 7.51. The number of hydrogen-bond acceptors (Lipinski definition) is 4. The van der Waals surface area contributed by atoms with Crippen LogP contribution in [0.4, 0.5) is 17.3 Å². The summed E-state index contributed by atoms with van der Waals surface area (Å²) in [6, 6.07) is 12.3. The average molecular weight is 373 g/mol. The summed E-state index contributed by atoms with van der Waals surface area (Å²) in [5.74, 6) is 0.102. The van der Waals surface area contributed by atoms with Crippen LogP contribution < -0.4 is 10.6 Å². The molecule has 1 heterocycles. The third kappa shape index (κ3) is 4.47. The second-order valence-corrected chi connectivity index (χ2v) is 6.21. The first kappa shape index (κ1) is 17.2. The topological polar surface area (TPSA) is 66.9 Å². The van der Waals surface area contributed by atoms with Gasteiger partial charge in [-0.15, -0.1) is 0 Å². The SMILES string of the molecule is Cc1cc(Cl)ccc1Nc1ncc(C(=O)Nc2ccc(Cl)cc2)cn1. The Morgan fingerprint density at radius 3 is 2.24 bits per heavy atom. The Kier molecular flexibility index (Phi) is 5.16. The van der Waals surface area contributed by atoms with Crippen molar-refractivity contribution in [3.05, 3.63) is 76.0 Å². The van der Waals surface area contributed by atoms with E-state index in [2.05, 4.69) is 20.6 Å². The van der Waals surface area contributed by atoms with Gasteiger partial charge in [0.05, 0.1) is 5.56 Å². The van der Waals surface area contributed by atoms with E-state index in [0.29, 0.717) is 27.2 Å². The highest BCUT2D eigenvalue weighted by molar-refractivity contribution is 6.31. The van der Waals surface area contributed by atoms with Crippen LogP contribution in [0.15, 0.2) is 54.9 Å². The standard InChI is InChI=1S/C18H14Cl2N4O/c1-11-8-14(20)4-7-16(11)24-18-21-9-12(10-22-18)17(25)23-15-5-2-13(19)3-6-15/h2-10H,1H3,(H,23,25)(H,21,22,24). The first-order chi connectivity index (χ1) is 12.0. The van der Waals surface area contributed by atoms with Crippen molar-refractivity contribution in [2.75, 3.05) is 10.6 Å². The highest BCUT2D eigenvalue weighted by atomic mass is 35.5. The molecule has 0 aliphatic carbocycles. The zero-order valence-electron chi connectivity index (χ0n) is 13.3.